The van der Waals surface area contributed by atoms with Crippen molar-refractivity contribution >= 4 is 51.3 Å². The van der Waals surface area contributed by atoms with Crippen molar-refractivity contribution in [1.82, 2.24) is 10.6 Å². The molecule has 1 unspecified atom stereocenters. The minimum Gasteiger partial charge on any atom is -0.484 e. The molecule has 1 atom stereocenters. The smallest absolute Gasteiger partial charge is 0.344 e. The summed E-state index contributed by atoms with van der Waals surface area (Å²) < 4.78 is 11.1. The van der Waals surface area contributed by atoms with Crippen molar-refractivity contribution in [2.75, 3.05) is 18.9 Å². The molecule has 9 nitrogen and oxygen atoms in total. The number of benzene rings is 3. The normalized spacial score (nSPS) is 11.7. The highest BCUT2D eigenvalue weighted by atomic mass is 32.2. The number of fused-ring (bicyclic) bond motifs is 3. The lowest BCUT2D eigenvalue weighted by molar-refractivity contribution is -0.137. The zero-order valence-electron chi connectivity index (χ0n) is 21.1. The minimum atomic E-state index is -0.939. The summed E-state index contributed by atoms with van der Waals surface area (Å²) >= 11 is 1.49. The van der Waals surface area contributed by atoms with Crippen molar-refractivity contribution in [3.63, 3.8) is 0 Å². The fourth-order valence-corrected chi connectivity index (χ4v) is 4.98. The molecule has 39 heavy (non-hydrogen) atoms. The van der Waals surface area contributed by atoms with Crippen LogP contribution in [0.3, 0.4) is 0 Å². The van der Waals surface area contributed by atoms with Gasteiger partial charge in [0.1, 0.15) is 17.4 Å². The maximum Gasteiger partial charge on any atom is 0.344 e. The molecule has 0 aliphatic carbocycles. The number of ether oxygens (including phenoxy) is 1. The fourth-order valence-electron chi connectivity index (χ4n) is 3.96. The van der Waals surface area contributed by atoms with Crippen molar-refractivity contribution in [3.8, 4) is 5.75 Å². The lowest BCUT2D eigenvalue weighted by Gasteiger charge is -2.18. The second kappa shape index (κ2) is 13.5. The van der Waals surface area contributed by atoms with Crippen LogP contribution in [0.15, 0.2) is 82.0 Å². The zero-order chi connectivity index (χ0) is 27.6. The van der Waals surface area contributed by atoms with Gasteiger partial charge < -0.3 is 24.9 Å². The van der Waals surface area contributed by atoms with Crippen LogP contribution in [-0.2, 0) is 20.1 Å². The van der Waals surface area contributed by atoms with E-state index in [1.165, 1.54) is 11.8 Å². The molecule has 1 heterocycles. The average Bonchev–Trinajstić information content (AvgIpc) is 2.94. The molecule has 0 radical (unpaired) electrons. The third-order valence-corrected chi connectivity index (χ3v) is 6.98. The maximum absolute atomic E-state index is 12.8. The van der Waals surface area contributed by atoms with Crippen LogP contribution in [0.4, 0.5) is 0 Å². The summed E-state index contributed by atoms with van der Waals surface area (Å²) in [5.41, 5.74) is 0.972. The molecule has 3 N–H and O–H groups in total. The van der Waals surface area contributed by atoms with Gasteiger partial charge in [0.25, 0.3) is 5.91 Å². The molecule has 0 bridgehead atoms. The number of hydrogen-bond acceptors (Lipinski definition) is 7. The quantitative estimate of drug-likeness (QED) is 0.131. The number of amides is 2. The van der Waals surface area contributed by atoms with E-state index in [9.17, 15) is 19.2 Å². The molecular weight excluding hydrogens is 520 g/mol. The van der Waals surface area contributed by atoms with Crippen LogP contribution in [0, 0.1) is 0 Å². The second-order valence-electron chi connectivity index (χ2n) is 8.79. The Bertz CT molecular complexity index is 1520. The van der Waals surface area contributed by atoms with Crippen molar-refractivity contribution in [1.29, 1.82) is 0 Å². The van der Waals surface area contributed by atoms with E-state index >= 15 is 0 Å². The Morgan fingerprint density at radius 2 is 1.69 bits per heavy atom. The Hall–Kier alpha value is -4.31. The predicted molar refractivity (Wildman–Crippen MR) is 150 cm³/mol. The van der Waals surface area contributed by atoms with Gasteiger partial charge in [0.05, 0.1) is 5.39 Å². The van der Waals surface area contributed by atoms with Crippen LogP contribution in [-0.4, -0.2) is 47.8 Å². The lowest BCUT2D eigenvalue weighted by Crippen LogP contribution is -2.49. The number of carbonyl (C=O) groups is 3. The Balaban J connectivity index is 1.37. The van der Waals surface area contributed by atoms with Gasteiger partial charge >= 0.3 is 11.6 Å². The molecular formula is C29H28N2O7S. The van der Waals surface area contributed by atoms with Crippen LogP contribution in [0.25, 0.3) is 21.7 Å². The highest BCUT2D eigenvalue weighted by Gasteiger charge is 2.21. The molecule has 0 aliphatic heterocycles. The van der Waals surface area contributed by atoms with Gasteiger partial charge in [-0.25, -0.2) is 4.79 Å². The SMILES string of the molecule is O=C(O)CCCNC(=O)C(CSCc1ccccc1)NC(=O)COc1ccc2c(c1)oc(=O)c1ccccc12. The Kier molecular flexibility index (Phi) is 9.58. The van der Waals surface area contributed by atoms with Gasteiger partial charge in [0, 0.05) is 35.9 Å². The molecule has 0 aliphatic rings. The molecule has 1 aromatic heterocycles. The van der Waals surface area contributed by atoms with Gasteiger partial charge in [-0.1, -0.05) is 48.5 Å². The zero-order valence-corrected chi connectivity index (χ0v) is 21.9. The molecule has 0 spiro atoms. The van der Waals surface area contributed by atoms with E-state index in [4.69, 9.17) is 14.3 Å². The maximum atomic E-state index is 12.8. The third kappa shape index (κ3) is 7.84. The van der Waals surface area contributed by atoms with Gasteiger partial charge in [0.2, 0.25) is 5.91 Å². The van der Waals surface area contributed by atoms with E-state index in [2.05, 4.69) is 10.6 Å². The molecule has 10 heteroatoms. The number of rotatable bonds is 13. The summed E-state index contributed by atoms with van der Waals surface area (Å²) in [6, 6.07) is 21.1. The highest BCUT2D eigenvalue weighted by molar-refractivity contribution is 7.98. The topological polar surface area (TPSA) is 135 Å². The predicted octanol–water partition coefficient (Wildman–Crippen LogP) is 3.72. The number of hydrogen-bond donors (Lipinski definition) is 3. The van der Waals surface area contributed by atoms with Crippen molar-refractivity contribution in [2.45, 2.75) is 24.6 Å². The second-order valence-corrected chi connectivity index (χ2v) is 9.82. The first-order valence-corrected chi connectivity index (χ1v) is 13.5. The first kappa shape index (κ1) is 27.7. The van der Waals surface area contributed by atoms with E-state index in [0.717, 1.165) is 16.3 Å². The standard InChI is InChI=1S/C29H28N2O7S/c32-26(16-37-20-12-13-22-21-9-4-5-10-23(21)29(36)38-25(22)15-20)31-24(28(35)30-14-6-11-27(33)34)18-39-17-19-7-2-1-3-8-19/h1-5,7-10,12-13,15,24H,6,11,14,16-18H2,(H,30,35)(H,31,32)(H,33,34). The number of carbonyl (C=O) groups excluding carboxylic acids is 2. The highest BCUT2D eigenvalue weighted by Crippen LogP contribution is 2.26. The summed E-state index contributed by atoms with van der Waals surface area (Å²) in [5.74, 6) is -0.517. The number of nitrogens with one attached hydrogen (secondary N) is 2. The van der Waals surface area contributed by atoms with Gasteiger partial charge in [-0.15, -0.1) is 0 Å². The molecule has 0 saturated carbocycles. The van der Waals surface area contributed by atoms with Crippen molar-refractivity contribution in [2.24, 2.45) is 0 Å². The molecule has 4 rings (SSSR count). The van der Waals surface area contributed by atoms with Gasteiger partial charge in [-0.2, -0.15) is 11.8 Å². The fraction of sp³-hybridized carbons (Fsp3) is 0.241. The number of aliphatic carboxylic acids is 1. The van der Waals surface area contributed by atoms with E-state index in [1.54, 1.807) is 30.3 Å². The Labute approximate surface area is 228 Å². The summed E-state index contributed by atoms with van der Waals surface area (Å²) in [7, 11) is 0. The first-order chi connectivity index (χ1) is 18.9. The van der Waals surface area contributed by atoms with Crippen LogP contribution in [0.2, 0.25) is 0 Å². The van der Waals surface area contributed by atoms with Crippen molar-refractivity contribution < 1.29 is 28.6 Å². The summed E-state index contributed by atoms with van der Waals surface area (Å²) in [6.07, 6.45) is 0.227. The molecule has 4 aromatic rings. The van der Waals surface area contributed by atoms with Crippen molar-refractivity contribution in [3.05, 3.63) is 88.8 Å². The molecule has 0 saturated heterocycles. The van der Waals surface area contributed by atoms with Crippen LogP contribution >= 0.6 is 11.8 Å². The van der Waals surface area contributed by atoms with E-state index in [1.807, 2.05) is 42.5 Å². The van der Waals surface area contributed by atoms with Gasteiger partial charge in [-0.3, -0.25) is 14.4 Å². The minimum absolute atomic E-state index is 0.0599. The Morgan fingerprint density at radius 1 is 0.949 bits per heavy atom. The Morgan fingerprint density at radius 3 is 2.46 bits per heavy atom. The van der Waals surface area contributed by atoms with E-state index in [-0.39, 0.29) is 26.0 Å². The first-order valence-electron chi connectivity index (χ1n) is 12.4. The summed E-state index contributed by atoms with van der Waals surface area (Å²) in [5, 5.41) is 16.2. The molecule has 0 fully saturated rings. The lowest BCUT2D eigenvalue weighted by atomic mass is 10.1. The van der Waals surface area contributed by atoms with E-state index < -0.39 is 29.5 Å². The molecule has 2 amide bonds. The largest absolute Gasteiger partial charge is 0.484 e. The van der Waals surface area contributed by atoms with Crippen LogP contribution in [0.1, 0.15) is 18.4 Å². The number of carboxylic acids is 1. The molecule has 202 valence electrons. The van der Waals surface area contributed by atoms with Gasteiger partial charge in [0.15, 0.2) is 6.61 Å². The van der Waals surface area contributed by atoms with Crippen LogP contribution in [0.5, 0.6) is 5.75 Å². The number of thioether (sulfide) groups is 1. The monoisotopic (exact) mass is 548 g/mol. The number of carboxylic acid groups (broad SMARTS) is 1. The summed E-state index contributed by atoms with van der Waals surface area (Å²) in [4.78, 5) is 48.5. The van der Waals surface area contributed by atoms with Crippen LogP contribution < -0.4 is 21.0 Å². The third-order valence-electron chi connectivity index (χ3n) is 5.88. The van der Waals surface area contributed by atoms with Gasteiger partial charge in [-0.05, 0) is 35.6 Å². The van der Waals surface area contributed by atoms with E-state index in [0.29, 0.717) is 28.2 Å². The summed E-state index contributed by atoms with van der Waals surface area (Å²) in [6.45, 7) is -0.163. The average molecular weight is 549 g/mol. The molecule has 3 aromatic carbocycles.